The smallest absolute Gasteiger partial charge is 0.407 e. The number of nitrogens with zero attached hydrogens (tertiary/aromatic N) is 2. The molecule has 2 aliphatic rings. The number of likely N-dealkylation sites (N-methyl/N-ethyl adjacent to an activating group) is 2. The van der Waals surface area contributed by atoms with Crippen LogP contribution in [0.3, 0.4) is 0 Å². The summed E-state index contributed by atoms with van der Waals surface area (Å²) in [5.74, 6) is 0.856. The number of rotatable bonds is 14. The number of thioether (sulfide) groups is 1. The van der Waals surface area contributed by atoms with Gasteiger partial charge in [0, 0.05) is 51.2 Å². The molecule has 2 heterocycles. The van der Waals surface area contributed by atoms with Crippen LogP contribution in [0.4, 0.5) is 9.59 Å². The monoisotopic (exact) mass is 542 g/mol. The second kappa shape index (κ2) is 14.7. The highest BCUT2D eigenvalue weighted by Gasteiger charge is 2.42. The molecular formula is C25H46N6O5S. The maximum Gasteiger partial charge on any atom is 0.407 e. The first-order chi connectivity index (χ1) is 17.4. The van der Waals surface area contributed by atoms with Crippen molar-refractivity contribution in [3.8, 4) is 0 Å². The maximum absolute atomic E-state index is 12.6. The van der Waals surface area contributed by atoms with E-state index in [9.17, 15) is 19.2 Å². The standard InChI is InChI=1S/C25H46N6O5S/c1-25(2,3)36-24(35)27-13-9-8-10-17(26)22(33)31(5)15-14-30(4)20(32)12-7-6-11-19-21-18(16-37-19)28-23(34)29-21/h17-19,21H,6-16,26H2,1-5H3,(H,27,35)(H2,28,29,34)/t17-,18+,19+,21+/m0/s1. The molecule has 0 aromatic heterocycles. The van der Waals surface area contributed by atoms with Crippen LogP contribution in [0, 0.1) is 0 Å². The van der Waals surface area contributed by atoms with E-state index >= 15 is 0 Å². The quantitative estimate of drug-likeness (QED) is 0.193. The Labute approximate surface area is 225 Å². The van der Waals surface area contributed by atoms with Crippen molar-refractivity contribution in [2.24, 2.45) is 5.73 Å². The van der Waals surface area contributed by atoms with E-state index in [-0.39, 0.29) is 29.9 Å². The number of hydrogen-bond acceptors (Lipinski definition) is 7. The molecule has 0 aromatic rings. The van der Waals surface area contributed by atoms with E-state index in [0.29, 0.717) is 50.6 Å². The summed E-state index contributed by atoms with van der Waals surface area (Å²) in [6.45, 7) is 6.77. The molecule has 37 heavy (non-hydrogen) atoms. The molecule has 0 saturated carbocycles. The Balaban J connectivity index is 1.53. The summed E-state index contributed by atoms with van der Waals surface area (Å²) in [5.41, 5.74) is 5.54. The predicted octanol–water partition coefficient (Wildman–Crippen LogP) is 1.65. The molecule has 11 nitrogen and oxygen atoms in total. The van der Waals surface area contributed by atoms with Crippen molar-refractivity contribution < 1.29 is 23.9 Å². The van der Waals surface area contributed by atoms with Crippen LogP contribution in [0.15, 0.2) is 0 Å². The van der Waals surface area contributed by atoms with Crippen LogP contribution in [0.1, 0.15) is 65.7 Å². The molecule has 0 unspecified atom stereocenters. The third-order valence-corrected chi connectivity index (χ3v) is 8.08. The van der Waals surface area contributed by atoms with Gasteiger partial charge in [0.15, 0.2) is 0 Å². The highest BCUT2D eigenvalue weighted by molar-refractivity contribution is 8.00. The first kappa shape index (κ1) is 31.0. The van der Waals surface area contributed by atoms with Crippen LogP contribution in [-0.2, 0) is 14.3 Å². The highest BCUT2D eigenvalue weighted by Crippen LogP contribution is 2.33. The summed E-state index contributed by atoms with van der Waals surface area (Å²) in [5, 5.41) is 9.05. The van der Waals surface area contributed by atoms with E-state index < -0.39 is 17.7 Å². The van der Waals surface area contributed by atoms with Gasteiger partial charge in [0.2, 0.25) is 11.8 Å². The first-order valence-corrected chi connectivity index (χ1v) is 14.3. The van der Waals surface area contributed by atoms with Crippen molar-refractivity contribution in [3.63, 3.8) is 0 Å². The molecule has 5 N–H and O–H groups in total. The molecule has 0 radical (unpaired) electrons. The van der Waals surface area contributed by atoms with Gasteiger partial charge in [0.1, 0.15) is 5.60 Å². The van der Waals surface area contributed by atoms with Gasteiger partial charge < -0.3 is 36.2 Å². The van der Waals surface area contributed by atoms with Gasteiger partial charge in [-0.05, 0) is 52.9 Å². The van der Waals surface area contributed by atoms with Gasteiger partial charge in [0.05, 0.1) is 18.1 Å². The van der Waals surface area contributed by atoms with Crippen LogP contribution in [-0.4, -0.2) is 102 Å². The Bertz CT molecular complexity index is 792. The van der Waals surface area contributed by atoms with Crippen molar-refractivity contribution in [3.05, 3.63) is 0 Å². The average molecular weight is 543 g/mol. The topological polar surface area (TPSA) is 146 Å². The molecule has 5 amide bonds. The summed E-state index contributed by atoms with van der Waals surface area (Å²) in [7, 11) is 3.46. The normalized spacial score (nSPS) is 21.5. The largest absolute Gasteiger partial charge is 0.444 e. The van der Waals surface area contributed by atoms with E-state index in [1.807, 2.05) is 32.5 Å². The summed E-state index contributed by atoms with van der Waals surface area (Å²) in [6, 6.07) is -0.261. The molecular weight excluding hydrogens is 496 g/mol. The fraction of sp³-hybridized carbons (Fsp3) is 0.840. The minimum absolute atomic E-state index is 0.0652. The SMILES string of the molecule is CN(CCN(C)C(=O)[C@@H](N)CCCCNC(=O)OC(C)(C)C)C(=O)CCCC[C@H]1SC[C@H]2NC(=O)N[C@H]21. The van der Waals surface area contributed by atoms with Crippen LogP contribution in [0.5, 0.6) is 0 Å². The number of nitrogens with one attached hydrogen (secondary N) is 3. The lowest BCUT2D eigenvalue weighted by Crippen LogP contribution is -2.45. The molecule has 0 aliphatic carbocycles. The fourth-order valence-corrected chi connectivity index (χ4v) is 5.93. The van der Waals surface area contributed by atoms with Crippen molar-refractivity contribution in [2.45, 2.75) is 94.7 Å². The lowest BCUT2D eigenvalue weighted by molar-refractivity contribution is -0.134. The molecule has 0 bridgehead atoms. The lowest BCUT2D eigenvalue weighted by atomic mass is 10.0. The van der Waals surface area contributed by atoms with Crippen LogP contribution in [0.25, 0.3) is 0 Å². The number of carbonyl (C=O) groups excluding carboxylic acids is 4. The Morgan fingerprint density at radius 2 is 1.81 bits per heavy atom. The number of alkyl carbamates (subject to hydrolysis) is 1. The number of amides is 5. The number of fused-ring (bicyclic) bond motifs is 1. The molecule has 212 valence electrons. The molecule has 2 saturated heterocycles. The van der Waals surface area contributed by atoms with E-state index in [4.69, 9.17) is 10.5 Å². The van der Waals surface area contributed by atoms with E-state index in [0.717, 1.165) is 25.0 Å². The van der Waals surface area contributed by atoms with Crippen LogP contribution >= 0.6 is 11.8 Å². The number of urea groups is 1. The summed E-state index contributed by atoms with van der Waals surface area (Å²) >= 11 is 1.89. The maximum atomic E-state index is 12.6. The van der Waals surface area contributed by atoms with Gasteiger partial charge in [-0.15, -0.1) is 0 Å². The van der Waals surface area contributed by atoms with Gasteiger partial charge in [-0.2, -0.15) is 11.8 Å². The summed E-state index contributed by atoms with van der Waals surface area (Å²) in [4.78, 5) is 51.4. The van der Waals surface area contributed by atoms with Crippen LogP contribution < -0.4 is 21.7 Å². The van der Waals surface area contributed by atoms with Crippen LogP contribution in [0.2, 0.25) is 0 Å². The van der Waals surface area contributed by atoms with Gasteiger partial charge in [-0.1, -0.05) is 6.42 Å². The number of hydrogen-bond donors (Lipinski definition) is 4. The molecule has 0 aromatic carbocycles. The Hall–Kier alpha value is -2.21. The van der Waals surface area contributed by atoms with E-state index in [1.165, 1.54) is 0 Å². The highest BCUT2D eigenvalue weighted by atomic mass is 32.2. The second-order valence-corrected chi connectivity index (χ2v) is 12.2. The molecule has 0 spiro atoms. The molecule has 2 aliphatic heterocycles. The minimum atomic E-state index is -0.611. The third kappa shape index (κ3) is 11.0. The number of ether oxygens (including phenoxy) is 1. The summed E-state index contributed by atoms with van der Waals surface area (Å²) in [6.07, 6.45) is 4.69. The summed E-state index contributed by atoms with van der Waals surface area (Å²) < 4.78 is 5.18. The third-order valence-electron chi connectivity index (χ3n) is 6.57. The zero-order valence-electron chi connectivity index (χ0n) is 23.0. The lowest BCUT2D eigenvalue weighted by Gasteiger charge is -2.25. The Kier molecular flexibility index (Phi) is 12.3. The number of carbonyl (C=O) groups is 4. The number of unbranched alkanes of at least 4 members (excludes halogenated alkanes) is 2. The Morgan fingerprint density at radius 1 is 1.11 bits per heavy atom. The zero-order chi connectivity index (χ0) is 27.6. The second-order valence-electron chi connectivity index (χ2n) is 11.0. The molecule has 2 fully saturated rings. The van der Waals surface area contributed by atoms with Gasteiger partial charge in [-0.25, -0.2) is 9.59 Å². The Morgan fingerprint density at radius 3 is 2.51 bits per heavy atom. The first-order valence-electron chi connectivity index (χ1n) is 13.3. The minimum Gasteiger partial charge on any atom is -0.444 e. The molecule has 4 atom stereocenters. The molecule has 12 heteroatoms. The van der Waals surface area contributed by atoms with E-state index in [2.05, 4.69) is 16.0 Å². The van der Waals surface area contributed by atoms with Crippen molar-refractivity contribution in [2.75, 3.05) is 39.5 Å². The molecule has 2 rings (SSSR count). The number of nitrogens with two attached hydrogens (primary N) is 1. The van der Waals surface area contributed by atoms with Gasteiger partial charge in [0.25, 0.3) is 0 Å². The average Bonchev–Trinajstić information content (AvgIpc) is 3.36. The van der Waals surface area contributed by atoms with Gasteiger partial charge in [-0.3, -0.25) is 9.59 Å². The van der Waals surface area contributed by atoms with Crippen molar-refractivity contribution in [1.29, 1.82) is 0 Å². The zero-order valence-corrected chi connectivity index (χ0v) is 23.8. The van der Waals surface area contributed by atoms with Gasteiger partial charge >= 0.3 is 12.1 Å². The fourth-order valence-electron chi connectivity index (χ4n) is 4.39. The predicted molar refractivity (Wildman–Crippen MR) is 145 cm³/mol. The van der Waals surface area contributed by atoms with E-state index in [1.54, 1.807) is 23.9 Å². The van der Waals surface area contributed by atoms with Crippen molar-refractivity contribution in [1.82, 2.24) is 25.8 Å². The van der Waals surface area contributed by atoms with Crippen molar-refractivity contribution >= 4 is 35.7 Å².